The van der Waals surface area contributed by atoms with Crippen molar-refractivity contribution in [3.8, 4) is 17.6 Å². The van der Waals surface area contributed by atoms with Crippen LogP contribution in [-0.4, -0.2) is 31.6 Å². The van der Waals surface area contributed by atoms with Gasteiger partial charge in [-0.2, -0.15) is 5.26 Å². The Hall–Kier alpha value is -3.40. The standard InChI is InChI=1S/C19H16FNO5/c1-12(26-15-6-3-13(10-21)4-7-15)19(23)25-11-17(22)14-5-8-18(24-2)16(20)9-14/h3-9,12H,11H2,1-2H3/t12-/m0/s1. The Labute approximate surface area is 149 Å². The Morgan fingerprint density at radius 2 is 1.88 bits per heavy atom. The number of hydrogen-bond acceptors (Lipinski definition) is 6. The lowest BCUT2D eigenvalue weighted by Crippen LogP contribution is -2.28. The lowest BCUT2D eigenvalue weighted by Gasteiger charge is -2.13. The Balaban J connectivity index is 1.89. The molecule has 0 bridgehead atoms. The highest BCUT2D eigenvalue weighted by Gasteiger charge is 2.19. The van der Waals surface area contributed by atoms with Gasteiger partial charge in [-0.1, -0.05) is 0 Å². The highest BCUT2D eigenvalue weighted by Crippen LogP contribution is 2.18. The minimum atomic E-state index is -0.955. The maximum absolute atomic E-state index is 13.6. The summed E-state index contributed by atoms with van der Waals surface area (Å²) in [6.07, 6.45) is -0.955. The first-order chi connectivity index (χ1) is 12.4. The first-order valence-corrected chi connectivity index (χ1v) is 7.64. The van der Waals surface area contributed by atoms with Crippen molar-refractivity contribution < 1.29 is 28.2 Å². The number of ketones is 1. The molecule has 0 heterocycles. The quantitative estimate of drug-likeness (QED) is 0.559. The lowest BCUT2D eigenvalue weighted by atomic mass is 10.1. The summed E-state index contributed by atoms with van der Waals surface area (Å²) in [5.41, 5.74) is 0.529. The smallest absolute Gasteiger partial charge is 0.347 e. The van der Waals surface area contributed by atoms with Crippen molar-refractivity contribution in [1.29, 1.82) is 5.26 Å². The van der Waals surface area contributed by atoms with Gasteiger partial charge in [0.2, 0.25) is 0 Å². The van der Waals surface area contributed by atoms with Crippen LogP contribution in [0, 0.1) is 17.1 Å². The number of esters is 1. The third-order valence-corrected chi connectivity index (χ3v) is 3.45. The molecule has 0 aromatic heterocycles. The molecule has 7 heteroatoms. The number of hydrogen-bond donors (Lipinski definition) is 0. The van der Waals surface area contributed by atoms with E-state index in [1.54, 1.807) is 24.3 Å². The zero-order chi connectivity index (χ0) is 19.1. The molecule has 0 saturated heterocycles. The van der Waals surface area contributed by atoms with Crippen molar-refractivity contribution in [2.24, 2.45) is 0 Å². The molecule has 2 aromatic carbocycles. The van der Waals surface area contributed by atoms with Crippen LogP contribution in [0.25, 0.3) is 0 Å². The van der Waals surface area contributed by atoms with Gasteiger partial charge in [0, 0.05) is 5.56 Å². The molecule has 0 aliphatic heterocycles. The summed E-state index contributed by atoms with van der Waals surface area (Å²) < 4.78 is 28.7. The van der Waals surface area contributed by atoms with E-state index < -0.39 is 30.3 Å². The van der Waals surface area contributed by atoms with Crippen LogP contribution in [0.4, 0.5) is 4.39 Å². The van der Waals surface area contributed by atoms with Gasteiger partial charge in [0.25, 0.3) is 0 Å². The number of carbonyl (C=O) groups is 2. The van der Waals surface area contributed by atoms with Crippen LogP contribution in [0.1, 0.15) is 22.8 Å². The molecule has 0 unspecified atom stereocenters. The van der Waals surface area contributed by atoms with Crippen LogP contribution in [-0.2, 0) is 9.53 Å². The summed E-state index contributed by atoms with van der Waals surface area (Å²) in [5, 5.41) is 8.73. The number of benzene rings is 2. The summed E-state index contributed by atoms with van der Waals surface area (Å²) in [7, 11) is 1.32. The van der Waals surface area contributed by atoms with Crippen molar-refractivity contribution >= 4 is 11.8 Å². The Bertz CT molecular complexity index is 842. The average Bonchev–Trinajstić information content (AvgIpc) is 2.66. The maximum atomic E-state index is 13.6. The van der Waals surface area contributed by atoms with Crippen LogP contribution in [0.15, 0.2) is 42.5 Å². The molecular formula is C19H16FNO5. The van der Waals surface area contributed by atoms with Gasteiger partial charge in [0.15, 0.2) is 30.1 Å². The highest BCUT2D eigenvalue weighted by atomic mass is 19.1. The molecular weight excluding hydrogens is 341 g/mol. The summed E-state index contributed by atoms with van der Waals surface area (Å²) in [6, 6.07) is 11.9. The fraction of sp³-hybridized carbons (Fsp3) is 0.211. The van der Waals surface area contributed by atoms with Crippen LogP contribution in [0.3, 0.4) is 0 Å². The number of halogens is 1. The van der Waals surface area contributed by atoms with Crippen LogP contribution in [0.5, 0.6) is 11.5 Å². The van der Waals surface area contributed by atoms with Crippen LogP contribution >= 0.6 is 0 Å². The molecule has 134 valence electrons. The van der Waals surface area contributed by atoms with Crippen molar-refractivity contribution in [3.05, 3.63) is 59.4 Å². The Morgan fingerprint density at radius 3 is 2.46 bits per heavy atom. The molecule has 0 aliphatic rings. The van der Waals surface area contributed by atoms with E-state index >= 15 is 0 Å². The Morgan fingerprint density at radius 1 is 1.19 bits per heavy atom. The minimum absolute atomic E-state index is 0.0167. The molecule has 1 atom stereocenters. The predicted molar refractivity (Wildman–Crippen MR) is 89.5 cm³/mol. The van der Waals surface area contributed by atoms with Gasteiger partial charge < -0.3 is 14.2 Å². The molecule has 0 N–H and O–H groups in total. The second-order valence-electron chi connectivity index (χ2n) is 5.28. The third kappa shape index (κ3) is 4.80. The van der Waals surface area contributed by atoms with Crippen molar-refractivity contribution in [1.82, 2.24) is 0 Å². The Kier molecular flexibility index (Phi) is 6.28. The summed E-state index contributed by atoms with van der Waals surface area (Å²) in [5.74, 6) is -1.57. The van der Waals surface area contributed by atoms with Gasteiger partial charge in [-0.3, -0.25) is 4.79 Å². The number of nitrogens with zero attached hydrogens (tertiary/aromatic N) is 1. The first-order valence-electron chi connectivity index (χ1n) is 7.64. The first kappa shape index (κ1) is 18.9. The monoisotopic (exact) mass is 357 g/mol. The summed E-state index contributed by atoms with van der Waals surface area (Å²) in [4.78, 5) is 23.9. The van der Waals surface area contributed by atoms with Gasteiger partial charge >= 0.3 is 5.97 Å². The highest BCUT2D eigenvalue weighted by molar-refractivity contribution is 5.98. The zero-order valence-electron chi connectivity index (χ0n) is 14.2. The van der Waals surface area contributed by atoms with Gasteiger partial charge in [-0.25, -0.2) is 9.18 Å². The lowest BCUT2D eigenvalue weighted by molar-refractivity contribution is -0.149. The molecule has 0 amide bonds. The predicted octanol–water partition coefficient (Wildman–Crippen LogP) is 2.90. The normalized spacial score (nSPS) is 11.2. The average molecular weight is 357 g/mol. The van der Waals surface area contributed by atoms with Gasteiger partial charge in [-0.05, 0) is 49.4 Å². The fourth-order valence-electron chi connectivity index (χ4n) is 2.04. The molecule has 0 saturated carbocycles. The van der Waals surface area contributed by atoms with E-state index in [-0.39, 0.29) is 11.3 Å². The maximum Gasteiger partial charge on any atom is 0.347 e. The van der Waals surface area contributed by atoms with E-state index in [0.29, 0.717) is 11.3 Å². The fourth-order valence-corrected chi connectivity index (χ4v) is 2.04. The molecule has 0 radical (unpaired) electrons. The van der Waals surface area contributed by atoms with Crippen molar-refractivity contribution in [3.63, 3.8) is 0 Å². The van der Waals surface area contributed by atoms with Crippen molar-refractivity contribution in [2.45, 2.75) is 13.0 Å². The third-order valence-electron chi connectivity index (χ3n) is 3.45. The van der Waals surface area contributed by atoms with Gasteiger partial charge in [-0.15, -0.1) is 0 Å². The molecule has 2 aromatic rings. The van der Waals surface area contributed by atoms with E-state index in [1.165, 1.54) is 26.2 Å². The number of methoxy groups -OCH3 is 1. The number of rotatable bonds is 7. The molecule has 0 spiro atoms. The molecule has 2 rings (SSSR count). The minimum Gasteiger partial charge on any atom is -0.494 e. The van der Waals surface area contributed by atoms with E-state index in [0.717, 1.165) is 6.07 Å². The van der Waals surface area contributed by atoms with E-state index in [9.17, 15) is 14.0 Å². The van der Waals surface area contributed by atoms with E-state index in [2.05, 4.69) is 0 Å². The largest absolute Gasteiger partial charge is 0.494 e. The molecule has 26 heavy (non-hydrogen) atoms. The van der Waals surface area contributed by atoms with Crippen LogP contribution < -0.4 is 9.47 Å². The molecule has 0 aliphatic carbocycles. The second kappa shape index (κ2) is 8.62. The zero-order valence-corrected chi connectivity index (χ0v) is 14.2. The van der Waals surface area contributed by atoms with E-state index in [1.807, 2.05) is 6.07 Å². The van der Waals surface area contributed by atoms with Gasteiger partial charge in [0.1, 0.15) is 5.75 Å². The van der Waals surface area contributed by atoms with Gasteiger partial charge in [0.05, 0.1) is 18.7 Å². The molecule has 6 nitrogen and oxygen atoms in total. The number of carbonyl (C=O) groups excluding carboxylic acids is 2. The summed E-state index contributed by atoms with van der Waals surface area (Å²) >= 11 is 0. The van der Waals surface area contributed by atoms with Crippen molar-refractivity contribution in [2.75, 3.05) is 13.7 Å². The van der Waals surface area contributed by atoms with E-state index in [4.69, 9.17) is 19.5 Å². The second-order valence-corrected chi connectivity index (χ2v) is 5.28. The number of ether oxygens (including phenoxy) is 3. The topological polar surface area (TPSA) is 85.6 Å². The number of nitriles is 1. The summed E-state index contributed by atoms with van der Waals surface area (Å²) in [6.45, 7) is 0.934. The van der Waals surface area contributed by atoms with Crippen LogP contribution in [0.2, 0.25) is 0 Å². The SMILES string of the molecule is COc1ccc(C(=O)COC(=O)[C@H](C)Oc2ccc(C#N)cc2)cc1F. The number of Topliss-reactive ketones (excluding diaryl/α,β-unsaturated/α-hetero) is 1. The molecule has 0 fully saturated rings.